The lowest BCUT2D eigenvalue weighted by Crippen LogP contribution is -2.54. The van der Waals surface area contributed by atoms with Gasteiger partial charge in [-0.25, -0.2) is 4.39 Å². The van der Waals surface area contributed by atoms with Crippen molar-refractivity contribution < 1.29 is 14.3 Å². The molecule has 128 valence electrons. The fourth-order valence-electron chi connectivity index (χ4n) is 2.74. The first kappa shape index (κ1) is 17.7. The summed E-state index contributed by atoms with van der Waals surface area (Å²) in [6.45, 7) is 7.34. The van der Waals surface area contributed by atoms with Crippen molar-refractivity contribution in [3.05, 3.63) is 30.1 Å². The van der Waals surface area contributed by atoms with E-state index < -0.39 is 6.10 Å². The van der Waals surface area contributed by atoms with Crippen LogP contribution >= 0.6 is 0 Å². The van der Waals surface area contributed by atoms with Gasteiger partial charge in [0.1, 0.15) is 5.82 Å². The molecular formula is C17H26FN3O2. The van der Waals surface area contributed by atoms with Crippen LogP contribution in [0.25, 0.3) is 0 Å². The molecule has 0 aliphatic carbocycles. The molecule has 1 amide bonds. The highest BCUT2D eigenvalue weighted by atomic mass is 19.1. The quantitative estimate of drug-likeness (QED) is 0.827. The van der Waals surface area contributed by atoms with Gasteiger partial charge in [0.15, 0.2) is 0 Å². The van der Waals surface area contributed by atoms with Gasteiger partial charge >= 0.3 is 0 Å². The summed E-state index contributed by atoms with van der Waals surface area (Å²) in [6, 6.07) is 6.34. The zero-order chi connectivity index (χ0) is 16.8. The first-order valence-electron chi connectivity index (χ1n) is 8.17. The molecule has 5 nitrogen and oxygen atoms in total. The average Bonchev–Trinajstić information content (AvgIpc) is 2.54. The van der Waals surface area contributed by atoms with E-state index in [2.05, 4.69) is 15.1 Å². The van der Waals surface area contributed by atoms with E-state index in [0.29, 0.717) is 13.0 Å². The first-order valence-corrected chi connectivity index (χ1v) is 8.17. The summed E-state index contributed by atoms with van der Waals surface area (Å²) in [4.78, 5) is 16.5. The molecule has 0 radical (unpaired) electrons. The molecule has 2 N–H and O–H groups in total. The van der Waals surface area contributed by atoms with Crippen LogP contribution < -0.4 is 10.2 Å². The van der Waals surface area contributed by atoms with Gasteiger partial charge in [0.25, 0.3) is 0 Å². The number of anilines is 1. The van der Waals surface area contributed by atoms with Crippen LogP contribution in [-0.2, 0) is 4.79 Å². The number of halogens is 1. The number of benzene rings is 1. The number of carbonyl (C=O) groups is 1. The van der Waals surface area contributed by atoms with E-state index in [0.717, 1.165) is 31.9 Å². The second kappa shape index (κ2) is 8.26. The van der Waals surface area contributed by atoms with E-state index in [4.69, 9.17) is 0 Å². The number of nitrogens with zero attached hydrogens (tertiary/aromatic N) is 2. The molecule has 6 heteroatoms. The second-order valence-corrected chi connectivity index (χ2v) is 6.10. The molecule has 2 unspecified atom stereocenters. The lowest BCUT2D eigenvalue weighted by Gasteiger charge is -2.38. The topological polar surface area (TPSA) is 55.8 Å². The molecule has 1 aliphatic heterocycles. The second-order valence-electron chi connectivity index (χ2n) is 6.10. The molecule has 1 aromatic rings. The summed E-state index contributed by atoms with van der Waals surface area (Å²) < 4.78 is 13.0. The number of aliphatic hydroxyl groups is 1. The van der Waals surface area contributed by atoms with Crippen molar-refractivity contribution >= 4 is 11.6 Å². The largest absolute Gasteiger partial charge is 0.393 e. The van der Waals surface area contributed by atoms with Crippen LogP contribution in [0.4, 0.5) is 10.1 Å². The van der Waals surface area contributed by atoms with Gasteiger partial charge in [-0.3, -0.25) is 9.69 Å². The van der Waals surface area contributed by atoms with Crippen molar-refractivity contribution in [2.45, 2.75) is 32.4 Å². The minimum Gasteiger partial charge on any atom is -0.393 e. The Morgan fingerprint density at radius 3 is 2.39 bits per heavy atom. The highest BCUT2D eigenvalue weighted by Gasteiger charge is 2.25. The summed E-state index contributed by atoms with van der Waals surface area (Å²) >= 11 is 0. The molecular weight excluding hydrogens is 297 g/mol. The van der Waals surface area contributed by atoms with Crippen LogP contribution in [0, 0.1) is 5.82 Å². The molecule has 1 aromatic carbocycles. The molecule has 1 fully saturated rings. The van der Waals surface area contributed by atoms with Crippen molar-refractivity contribution in [2.24, 2.45) is 0 Å². The van der Waals surface area contributed by atoms with Crippen LogP contribution in [0.15, 0.2) is 24.3 Å². The number of hydrogen-bond donors (Lipinski definition) is 2. The van der Waals surface area contributed by atoms with Crippen molar-refractivity contribution in [3.63, 3.8) is 0 Å². The lowest BCUT2D eigenvalue weighted by molar-refractivity contribution is -0.126. The van der Waals surface area contributed by atoms with Crippen molar-refractivity contribution in [3.8, 4) is 0 Å². The third-order valence-corrected chi connectivity index (χ3v) is 4.29. The molecule has 0 aromatic heterocycles. The molecule has 23 heavy (non-hydrogen) atoms. The van der Waals surface area contributed by atoms with E-state index >= 15 is 0 Å². The van der Waals surface area contributed by atoms with Crippen molar-refractivity contribution in [1.82, 2.24) is 10.2 Å². The van der Waals surface area contributed by atoms with Gasteiger partial charge in [-0.15, -0.1) is 0 Å². The molecule has 0 bridgehead atoms. The predicted octanol–water partition coefficient (Wildman–Crippen LogP) is 1.22. The Labute approximate surface area is 137 Å². The number of nitrogens with one attached hydrogen (secondary N) is 1. The van der Waals surface area contributed by atoms with E-state index in [-0.39, 0.29) is 17.8 Å². The summed E-state index contributed by atoms with van der Waals surface area (Å²) in [6.07, 6.45) is 0.168. The number of carbonyl (C=O) groups excluding carboxylic acids is 1. The molecule has 1 saturated heterocycles. The normalized spacial score (nSPS) is 18.5. The zero-order valence-electron chi connectivity index (χ0n) is 13.8. The minimum absolute atomic E-state index is 0.000817. The summed E-state index contributed by atoms with van der Waals surface area (Å²) in [5, 5.41) is 12.1. The molecule has 2 atom stereocenters. The number of hydrogen-bond acceptors (Lipinski definition) is 4. The van der Waals surface area contributed by atoms with E-state index in [9.17, 15) is 14.3 Å². The van der Waals surface area contributed by atoms with Gasteiger partial charge in [0, 0.05) is 38.4 Å². The maximum atomic E-state index is 13.0. The highest BCUT2D eigenvalue weighted by Crippen LogP contribution is 2.17. The number of rotatable bonds is 6. The maximum Gasteiger partial charge on any atom is 0.237 e. The van der Waals surface area contributed by atoms with Gasteiger partial charge in [-0.2, -0.15) is 0 Å². The standard InChI is InChI=1S/C17H26FN3O2/c1-13(22)7-8-19-17(23)14(2)20-9-11-21(12-10-20)16-5-3-15(18)4-6-16/h3-6,13-14,22H,7-12H2,1-2H3,(H,19,23). The Hall–Kier alpha value is -1.66. The number of piperazine rings is 1. The Morgan fingerprint density at radius 1 is 1.22 bits per heavy atom. The Balaban J connectivity index is 1.79. The minimum atomic E-state index is -0.398. The Kier molecular flexibility index (Phi) is 6.36. The van der Waals surface area contributed by atoms with Crippen LogP contribution in [0.5, 0.6) is 0 Å². The predicted molar refractivity (Wildman–Crippen MR) is 89.0 cm³/mol. The monoisotopic (exact) mass is 323 g/mol. The van der Waals surface area contributed by atoms with E-state index in [1.54, 1.807) is 19.1 Å². The van der Waals surface area contributed by atoms with Crippen molar-refractivity contribution in [2.75, 3.05) is 37.6 Å². The van der Waals surface area contributed by atoms with Crippen molar-refractivity contribution in [1.29, 1.82) is 0 Å². The Bertz CT molecular complexity index is 499. The van der Waals surface area contributed by atoms with E-state index in [1.165, 1.54) is 12.1 Å². The van der Waals surface area contributed by atoms with Crippen LogP contribution in [0.1, 0.15) is 20.3 Å². The van der Waals surface area contributed by atoms with Gasteiger partial charge in [0.2, 0.25) is 5.91 Å². The number of amides is 1. The van der Waals surface area contributed by atoms with Crippen LogP contribution in [0.2, 0.25) is 0 Å². The van der Waals surface area contributed by atoms with Gasteiger partial charge < -0.3 is 15.3 Å². The molecule has 0 spiro atoms. The van der Waals surface area contributed by atoms with Gasteiger partial charge in [-0.1, -0.05) is 0 Å². The number of aliphatic hydroxyl groups excluding tert-OH is 1. The zero-order valence-corrected chi connectivity index (χ0v) is 13.8. The maximum absolute atomic E-state index is 13.0. The third-order valence-electron chi connectivity index (χ3n) is 4.29. The SMILES string of the molecule is CC(O)CCNC(=O)C(C)N1CCN(c2ccc(F)cc2)CC1. The first-order chi connectivity index (χ1) is 11.0. The van der Waals surface area contributed by atoms with Crippen LogP contribution in [-0.4, -0.2) is 60.8 Å². The smallest absolute Gasteiger partial charge is 0.237 e. The molecule has 0 saturated carbocycles. The fraction of sp³-hybridized carbons (Fsp3) is 0.588. The molecule has 2 rings (SSSR count). The third kappa shape index (κ3) is 5.18. The molecule has 1 aliphatic rings. The van der Waals surface area contributed by atoms with Crippen LogP contribution in [0.3, 0.4) is 0 Å². The van der Waals surface area contributed by atoms with Gasteiger partial charge in [-0.05, 0) is 44.5 Å². The summed E-state index contributed by atoms with van der Waals surface area (Å²) in [5.41, 5.74) is 1.01. The Morgan fingerprint density at radius 2 is 1.83 bits per heavy atom. The molecule has 1 heterocycles. The van der Waals surface area contributed by atoms with E-state index in [1.807, 2.05) is 6.92 Å². The highest BCUT2D eigenvalue weighted by molar-refractivity contribution is 5.81. The summed E-state index contributed by atoms with van der Waals surface area (Å²) in [5.74, 6) is -0.226. The lowest BCUT2D eigenvalue weighted by atomic mass is 10.2. The fourth-order valence-corrected chi connectivity index (χ4v) is 2.74. The van der Waals surface area contributed by atoms with Gasteiger partial charge in [0.05, 0.1) is 12.1 Å². The average molecular weight is 323 g/mol. The summed E-state index contributed by atoms with van der Waals surface area (Å²) in [7, 11) is 0.